The number of imidazole rings is 2. The van der Waals surface area contributed by atoms with Gasteiger partial charge in [0.2, 0.25) is 36.0 Å². The minimum absolute atomic E-state index is 0. The minimum Gasteiger partial charge on any atom is -0.390 e. The molecule has 0 spiro atoms. The van der Waals surface area contributed by atoms with E-state index in [0.717, 1.165) is 45.1 Å². The molecule has 498 valence electrons. The van der Waals surface area contributed by atoms with Crippen molar-refractivity contribution in [3.63, 3.8) is 0 Å². The van der Waals surface area contributed by atoms with Crippen LogP contribution in [0.25, 0.3) is 33.2 Å². The van der Waals surface area contributed by atoms with Gasteiger partial charge in [0.05, 0.1) is 75.3 Å². The van der Waals surface area contributed by atoms with Crippen LogP contribution in [0.2, 0.25) is 15.1 Å². The summed E-state index contributed by atoms with van der Waals surface area (Å²) in [5.41, 5.74) is 9.99. The number of fused-ring (bicyclic) bond motifs is 2. The van der Waals surface area contributed by atoms with Crippen molar-refractivity contribution >= 4 is 144 Å². The molecule has 3 fully saturated rings. The van der Waals surface area contributed by atoms with Crippen molar-refractivity contribution in [2.24, 2.45) is 5.73 Å². The molecule has 0 unspecified atom stereocenters. The third kappa shape index (κ3) is 20.6. The van der Waals surface area contributed by atoms with Gasteiger partial charge < -0.3 is 40.8 Å². The zero-order valence-electron chi connectivity index (χ0n) is 50.3. The number of nitrogens with one attached hydrogen (secondary N) is 2. The predicted octanol–water partition coefficient (Wildman–Crippen LogP) is 9.56. The highest BCUT2D eigenvalue weighted by molar-refractivity contribution is 14.1. The monoisotopic (exact) mass is 1600 g/mol. The molecular weight excluding hydrogens is 1520 g/mol. The lowest BCUT2D eigenvalue weighted by Crippen LogP contribution is -2.51. The maximum Gasteiger partial charge on any atom is 0.213 e. The molecule has 33 heteroatoms. The van der Waals surface area contributed by atoms with E-state index in [1.807, 2.05) is 73.9 Å². The molecule has 0 aliphatic carbocycles. The molecule has 5 aromatic heterocycles. The van der Waals surface area contributed by atoms with E-state index in [1.165, 1.54) is 43.5 Å². The standard InChI is InChI=1S/C22H27ClFN5O3S.C12H15FN2.C11H15ClIN3O3S.C6H14N2O3S.C5H2ClFIN.CH4/c1-12(2)29-13(3)26-22-17(24)7-14(8-19(22)29)15-9-21(25-10-16(15)23)27-18-5-6-28(11-20(18)30)33(4,31)32;1-7(2)15-9(4)14-12-10(13)5-8(3)6-11(12)15;1-20(18,19)16-3-2-9(10(17)6-16)15-11-4-8(13)7(12)5-14-11;1-12(10,11)8-3-2-5(7)6(9)4-8;6-3-2-9-5(7)1-4(3)8;/h7-10,12,18,20,30H,5-6,11H2,1-4H3,(H,25,27);5-7H,1-4H3;4-5,9-10,17H,2-3,6H2,1H3,(H,14,15);5-6,9H,2-4,7H2,1H3;1-2H;1H4/t18-,20-;;9-,10-;5-,6-;;/m1.00../s1. The number of β-amino-alcohol motifs (C(OH)–C–C–N with tert-alkyl or cyclic N) is 3. The third-order valence-electron chi connectivity index (χ3n) is 14.5. The van der Waals surface area contributed by atoms with Crippen molar-refractivity contribution in [2.75, 3.05) is 68.7 Å². The van der Waals surface area contributed by atoms with Crippen LogP contribution in [0.5, 0.6) is 0 Å². The van der Waals surface area contributed by atoms with Gasteiger partial charge in [-0.1, -0.05) is 42.2 Å². The van der Waals surface area contributed by atoms with Crippen molar-refractivity contribution in [1.29, 1.82) is 0 Å². The molecule has 90 heavy (non-hydrogen) atoms. The smallest absolute Gasteiger partial charge is 0.213 e. The first-order valence-electron chi connectivity index (χ1n) is 27.8. The van der Waals surface area contributed by atoms with Gasteiger partial charge in [-0.3, -0.25) is 0 Å². The molecule has 0 radical (unpaired) electrons. The summed E-state index contributed by atoms with van der Waals surface area (Å²) in [7, 11) is -9.78. The second kappa shape index (κ2) is 32.5. The highest BCUT2D eigenvalue weighted by atomic mass is 127. The van der Waals surface area contributed by atoms with E-state index in [0.29, 0.717) is 103 Å². The van der Waals surface area contributed by atoms with Crippen LogP contribution in [0.3, 0.4) is 0 Å². The molecule has 22 nitrogen and oxygen atoms in total. The normalized spacial score (nSPS) is 20.2. The van der Waals surface area contributed by atoms with Crippen molar-refractivity contribution in [3.05, 3.63) is 118 Å². The molecule has 0 amide bonds. The Morgan fingerprint density at radius 2 is 0.978 bits per heavy atom. The number of hydrogen-bond acceptors (Lipinski definition) is 17. The van der Waals surface area contributed by atoms with Gasteiger partial charge in [0.25, 0.3) is 0 Å². The van der Waals surface area contributed by atoms with Crippen molar-refractivity contribution < 1.29 is 53.7 Å². The van der Waals surface area contributed by atoms with Gasteiger partial charge in [-0.25, -0.2) is 59.0 Å². The number of benzene rings is 2. The van der Waals surface area contributed by atoms with Crippen LogP contribution in [0.4, 0.5) is 24.8 Å². The Kier molecular flexibility index (Phi) is 27.8. The molecule has 3 aliphatic rings. The first-order valence-corrected chi connectivity index (χ1v) is 36.6. The summed E-state index contributed by atoms with van der Waals surface area (Å²) < 4.78 is 119. The highest BCUT2D eigenvalue weighted by Crippen LogP contribution is 2.35. The minimum atomic E-state index is -3.36. The van der Waals surface area contributed by atoms with Gasteiger partial charge in [0.15, 0.2) is 11.6 Å². The van der Waals surface area contributed by atoms with E-state index in [1.54, 1.807) is 18.3 Å². The van der Waals surface area contributed by atoms with Crippen LogP contribution in [-0.4, -0.2) is 182 Å². The number of sulfonamides is 3. The number of piperidine rings is 3. The van der Waals surface area contributed by atoms with Crippen LogP contribution in [0.1, 0.15) is 83.7 Å². The molecule has 3 saturated heterocycles. The van der Waals surface area contributed by atoms with E-state index < -0.39 is 60.1 Å². The first kappa shape index (κ1) is 76.8. The van der Waals surface area contributed by atoms with Crippen LogP contribution in [0.15, 0.2) is 61.1 Å². The zero-order chi connectivity index (χ0) is 66.4. The summed E-state index contributed by atoms with van der Waals surface area (Å²) in [6.07, 6.45) is 6.79. The molecule has 0 bridgehead atoms. The van der Waals surface area contributed by atoms with E-state index in [2.05, 4.69) is 76.6 Å². The number of halogens is 8. The molecule has 7 N–H and O–H groups in total. The van der Waals surface area contributed by atoms with Gasteiger partial charge in [0, 0.05) is 94.8 Å². The average molecular weight is 1600 g/mol. The lowest BCUT2D eigenvalue weighted by molar-refractivity contribution is 0.0880. The Balaban J connectivity index is 0.000000221. The number of rotatable bonds is 10. The Bertz CT molecular complexity index is 4000. The SMILES string of the molecule is C.CS(=O)(=O)N1CC[C@H](N)[C@@H](O)C1.CS(=O)(=O)N1CC[C@H](Nc2cc(I)c(Cl)cn2)[C@@H](O)C1.Cc1cc(F)c2nc(C)n(C(C)C)c2c1.Cc1nc2c(F)cc(-c3cc(N[C@@H]4CCN(S(C)(=O)=O)C[C@H]4O)ncc3Cl)cc2n1C(C)C.Fc1cc(I)c(Cl)cn1. The van der Waals surface area contributed by atoms with Gasteiger partial charge in [0.1, 0.15) is 34.3 Å². The molecular formula is C57H77Cl3F3I2N13O9S3. The number of aliphatic hydroxyl groups is 3. The summed E-state index contributed by atoms with van der Waals surface area (Å²) in [4.78, 5) is 20.4. The third-order valence-corrected chi connectivity index (χ3v) is 21.7. The summed E-state index contributed by atoms with van der Waals surface area (Å²) in [5, 5.41) is 37.5. The fourth-order valence-electron chi connectivity index (χ4n) is 10.1. The number of aryl methyl sites for hydroxylation is 3. The molecule has 8 heterocycles. The van der Waals surface area contributed by atoms with E-state index in [-0.39, 0.29) is 57.0 Å². The van der Waals surface area contributed by atoms with Crippen molar-refractivity contribution in [1.82, 2.24) is 47.0 Å². The predicted molar refractivity (Wildman–Crippen MR) is 367 cm³/mol. The summed E-state index contributed by atoms with van der Waals surface area (Å²) in [6, 6.07) is 11.1. The second-order valence-electron chi connectivity index (χ2n) is 22.2. The second-order valence-corrected chi connectivity index (χ2v) is 31.7. The quantitative estimate of drug-likeness (QED) is 0.0548. The lowest BCUT2D eigenvalue weighted by atomic mass is 10.0. The van der Waals surface area contributed by atoms with E-state index >= 15 is 0 Å². The van der Waals surface area contributed by atoms with Crippen LogP contribution in [-0.2, 0) is 30.1 Å². The Hall–Kier alpha value is -3.88. The van der Waals surface area contributed by atoms with Crippen LogP contribution < -0.4 is 16.4 Å². The fourth-order valence-corrected chi connectivity index (χ4v) is 13.9. The van der Waals surface area contributed by atoms with Crippen LogP contribution >= 0.6 is 80.0 Å². The van der Waals surface area contributed by atoms with Gasteiger partial charge in [-0.15, -0.1) is 0 Å². The molecule has 7 aromatic rings. The Morgan fingerprint density at radius 3 is 1.39 bits per heavy atom. The number of nitrogens with zero attached hydrogens (tertiary/aromatic N) is 10. The van der Waals surface area contributed by atoms with Gasteiger partial charge >= 0.3 is 0 Å². The van der Waals surface area contributed by atoms with Gasteiger partial charge in [-0.05, 0) is 160 Å². The number of anilines is 2. The number of aromatic nitrogens is 7. The maximum absolute atomic E-state index is 14.9. The summed E-state index contributed by atoms with van der Waals surface area (Å²) >= 11 is 21.9. The molecule has 0 saturated carbocycles. The van der Waals surface area contributed by atoms with Gasteiger partial charge in [-0.2, -0.15) is 17.3 Å². The highest BCUT2D eigenvalue weighted by Gasteiger charge is 2.34. The fraction of sp³-hybridized carbons (Fsp3) is 0.491. The van der Waals surface area contributed by atoms with Crippen molar-refractivity contribution in [3.8, 4) is 11.1 Å². The summed E-state index contributed by atoms with van der Waals surface area (Å²) in [5.74, 6) is 1.52. The van der Waals surface area contributed by atoms with Crippen molar-refractivity contribution in [2.45, 2.75) is 124 Å². The molecule has 6 atom stereocenters. The number of pyridine rings is 3. The number of nitrogens with two attached hydrogens (primary N) is 1. The Labute approximate surface area is 567 Å². The Morgan fingerprint density at radius 1 is 0.578 bits per heavy atom. The first-order chi connectivity index (χ1) is 41.3. The average Bonchev–Trinajstić information content (AvgIpc) is 1.62. The summed E-state index contributed by atoms with van der Waals surface area (Å²) in [6.45, 7) is 15.2. The maximum atomic E-state index is 14.9. The number of aliphatic hydroxyl groups excluding tert-OH is 3. The molecule has 2 aromatic carbocycles. The molecule has 10 rings (SSSR count). The zero-order valence-corrected chi connectivity index (χ0v) is 59.4. The number of hydrogen-bond donors (Lipinski definition) is 6. The van der Waals surface area contributed by atoms with Crippen LogP contribution in [0, 0.1) is 45.5 Å². The topological polar surface area (TPSA) is 297 Å². The largest absolute Gasteiger partial charge is 0.390 e. The lowest BCUT2D eigenvalue weighted by Gasteiger charge is -2.35. The van der Waals surface area contributed by atoms with E-state index in [9.17, 15) is 53.7 Å². The molecule has 3 aliphatic heterocycles. The van der Waals surface area contributed by atoms with E-state index in [4.69, 9.17) is 40.5 Å².